The zero-order chi connectivity index (χ0) is 12.8. The normalized spacial score (nSPS) is 12.1. The zero-order valence-corrected chi connectivity index (χ0v) is 10.1. The van der Waals surface area contributed by atoms with Crippen LogP contribution in [-0.4, -0.2) is 23.0 Å². The number of ether oxygens (including phenoxy) is 1. The number of methoxy groups -OCH3 is 1. The first-order chi connectivity index (χ1) is 8.08. The lowest BCUT2D eigenvalue weighted by Crippen LogP contribution is -2.00. The molecular formula is C12H14N4O. The summed E-state index contributed by atoms with van der Waals surface area (Å²) in [4.78, 5) is 12.0. The lowest BCUT2D eigenvalue weighted by atomic mass is 10.1. The van der Waals surface area contributed by atoms with E-state index in [4.69, 9.17) is 16.9 Å². The van der Waals surface area contributed by atoms with Crippen LogP contribution in [-0.2, 0) is 4.74 Å². The second kappa shape index (κ2) is 5.66. The summed E-state index contributed by atoms with van der Waals surface area (Å²) in [5.74, 6) is 3.21. The lowest BCUT2D eigenvalue weighted by Gasteiger charge is -2.03. The van der Waals surface area contributed by atoms with Crippen molar-refractivity contribution in [2.24, 2.45) is 4.99 Å². The number of nitrogens with two attached hydrogens (primary N) is 1. The Morgan fingerprint density at radius 3 is 2.94 bits per heavy atom. The molecule has 0 saturated carbocycles. The van der Waals surface area contributed by atoms with Crippen molar-refractivity contribution in [2.45, 2.75) is 13.8 Å². The molecule has 0 radical (unpaired) electrons. The molecule has 0 aliphatic heterocycles. The van der Waals surface area contributed by atoms with Crippen LogP contribution in [0.25, 0.3) is 5.57 Å². The van der Waals surface area contributed by atoms with Crippen molar-refractivity contribution in [3.63, 3.8) is 0 Å². The summed E-state index contributed by atoms with van der Waals surface area (Å²) in [6, 6.07) is 0. The van der Waals surface area contributed by atoms with Gasteiger partial charge in [-0.2, -0.15) is 0 Å². The van der Waals surface area contributed by atoms with Gasteiger partial charge in [0.05, 0.1) is 18.4 Å². The van der Waals surface area contributed by atoms with Gasteiger partial charge in [0.2, 0.25) is 5.95 Å². The summed E-state index contributed by atoms with van der Waals surface area (Å²) in [6.07, 6.45) is 8.56. The minimum absolute atomic E-state index is 0.180. The number of anilines is 1. The van der Waals surface area contributed by atoms with Crippen LogP contribution in [0.2, 0.25) is 0 Å². The maximum atomic E-state index is 5.52. The summed E-state index contributed by atoms with van der Waals surface area (Å²) >= 11 is 0. The van der Waals surface area contributed by atoms with E-state index in [1.54, 1.807) is 13.1 Å². The number of hydrogen-bond donors (Lipinski definition) is 1. The van der Waals surface area contributed by atoms with Crippen LogP contribution in [0.1, 0.15) is 18.2 Å². The van der Waals surface area contributed by atoms with E-state index in [9.17, 15) is 0 Å². The third-order valence-electron chi connectivity index (χ3n) is 2.07. The average molecular weight is 230 g/mol. The fraction of sp³-hybridized carbons (Fsp3) is 0.250. The van der Waals surface area contributed by atoms with Crippen molar-refractivity contribution in [3.05, 3.63) is 23.7 Å². The standard InChI is InChI=1S/C12H14N4O/c1-5-10(7-14-9(3)17-4)11-8(2)6-15-12(13)16-11/h1,6-7H,2-4H3,(H2,13,15,16)/b10-7+,14-9?. The van der Waals surface area contributed by atoms with Gasteiger partial charge in [0.1, 0.15) is 0 Å². The average Bonchev–Trinajstić information content (AvgIpc) is 2.33. The van der Waals surface area contributed by atoms with E-state index in [0.717, 1.165) is 5.56 Å². The van der Waals surface area contributed by atoms with Gasteiger partial charge in [-0.1, -0.05) is 5.92 Å². The Labute approximate surface area is 100 Å². The van der Waals surface area contributed by atoms with E-state index in [-0.39, 0.29) is 5.95 Å². The van der Waals surface area contributed by atoms with Crippen LogP contribution in [0.3, 0.4) is 0 Å². The molecular weight excluding hydrogens is 216 g/mol. The van der Waals surface area contributed by atoms with Crippen LogP contribution in [0, 0.1) is 19.3 Å². The molecule has 0 amide bonds. The number of aromatic nitrogens is 2. The molecule has 0 aliphatic rings. The Kier molecular flexibility index (Phi) is 4.23. The van der Waals surface area contributed by atoms with Crippen LogP contribution in [0.4, 0.5) is 5.95 Å². The van der Waals surface area contributed by atoms with Crippen LogP contribution in [0.15, 0.2) is 17.4 Å². The first-order valence-electron chi connectivity index (χ1n) is 4.93. The minimum atomic E-state index is 0.180. The van der Waals surface area contributed by atoms with E-state index in [1.807, 2.05) is 6.92 Å². The summed E-state index contributed by atoms with van der Waals surface area (Å²) in [5.41, 5.74) is 7.50. The fourth-order valence-electron chi connectivity index (χ4n) is 1.10. The van der Waals surface area contributed by atoms with Gasteiger partial charge in [-0.25, -0.2) is 15.0 Å². The number of terminal acetylenes is 1. The van der Waals surface area contributed by atoms with Crippen molar-refractivity contribution in [1.29, 1.82) is 0 Å². The summed E-state index contributed by atoms with van der Waals surface area (Å²) in [5, 5.41) is 0. The largest absolute Gasteiger partial charge is 0.484 e. The van der Waals surface area contributed by atoms with Crippen molar-refractivity contribution < 1.29 is 4.74 Å². The van der Waals surface area contributed by atoms with Gasteiger partial charge in [0, 0.05) is 19.3 Å². The summed E-state index contributed by atoms with van der Waals surface area (Å²) < 4.78 is 4.91. The molecule has 0 bridgehead atoms. The Hall–Kier alpha value is -2.35. The number of aliphatic imine (C=N–C) groups is 1. The third kappa shape index (κ3) is 3.31. The molecule has 0 fully saturated rings. The van der Waals surface area contributed by atoms with E-state index in [1.165, 1.54) is 13.3 Å². The molecule has 88 valence electrons. The molecule has 17 heavy (non-hydrogen) atoms. The Bertz CT molecular complexity index is 512. The van der Waals surface area contributed by atoms with Crippen molar-refractivity contribution in [1.82, 2.24) is 9.97 Å². The monoisotopic (exact) mass is 230 g/mol. The first kappa shape index (κ1) is 12.7. The highest BCUT2D eigenvalue weighted by molar-refractivity contribution is 5.80. The maximum Gasteiger partial charge on any atom is 0.220 e. The molecule has 1 heterocycles. The maximum absolute atomic E-state index is 5.52. The van der Waals surface area contributed by atoms with E-state index >= 15 is 0 Å². The van der Waals surface area contributed by atoms with Gasteiger partial charge in [-0.3, -0.25) is 0 Å². The predicted molar refractivity (Wildman–Crippen MR) is 68.1 cm³/mol. The van der Waals surface area contributed by atoms with Crippen LogP contribution >= 0.6 is 0 Å². The number of nitrogen functional groups attached to an aromatic ring is 1. The highest BCUT2D eigenvalue weighted by Gasteiger charge is 2.06. The second-order valence-corrected chi connectivity index (χ2v) is 3.30. The fourth-order valence-corrected chi connectivity index (χ4v) is 1.10. The van der Waals surface area contributed by atoms with Crippen molar-refractivity contribution in [3.8, 4) is 12.3 Å². The molecule has 1 aromatic heterocycles. The van der Waals surface area contributed by atoms with Crippen molar-refractivity contribution >= 4 is 17.4 Å². The molecule has 5 heteroatoms. The molecule has 0 unspecified atom stereocenters. The van der Waals surface area contributed by atoms with Gasteiger partial charge < -0.3 is 10.5 Å². The van der Waals surface area contributed by atoms with E-state index in [0.29, 0.717) is 17.2 Å². The lowest BCUT2D eigenvalue weighted by molar-refractivity contribution is 0.400. The molecule has 1 aromatic rings. The first-order valence-corrected chi connectivity index (χ1v) is 4.93. The summed E-state index contributed by atoms with van der Waals surface area (Å²) in [6.45, 7) is 3.58. The highest BCUT2D eigenvalue weighted by Crippen LogP contribution is 2.15. The van der Waals surface area contributed by atoms with Gasteiger partial charge in [-0.15, -0.1) is 6.42 Å². The highest BCUT2D eigenvalue weighted by atomic mass is 16.5. The quantitative estimate of drug-likeness (QED) is 0.473. The van der Waals surface area contributed by atoms with Crippen molar-refractivity contribution in [2.75, 3.05) is 12.8 Å². The molecule has 2 N–H and O–H groups in total. The third-order valence-corrected chi connectivity index (χ3v) is 2.07. The number of nitrogens with zero attached hydrogens (tertiary/aromatic N) is 3. The predicted octanol–water partition coefficient (Wildman–Crippen LogP) is 1.41. The van der Waals surface area contributed by atoms with Crippen LogP contribution in [0.5, 0.6) is 0 Å². The number of rotatable bonds is 2. The Morgan fingerprint density at radius 1 is 1.65 bits per heavy atom. The van der Waals surface area contributed by atoms with E-state index in [2.05, 4.69) is 20.9 Å². The molecule has 0 atom stereocenters. The minimum Gasteiger partial charge on any atom is -0.484 e. The molecule has 0 saturated heterocycles. The second-order valence-electron chi connectivity index (χ2n) is 3.30. The molecule has 0 spiro atoms. The number of allylic oxidation sites excluding steroid dienone is 1. The van der Waals surface area contributed by atoms with Crippen LogP contribution < -0.4 is 5.73 Å². The molecule has 0 aromatic carbocycles. The summed E-state index contributed by atoms with van der Waals surface area (Å²) in [7, 11) is 1.54. The van der Waals surface area contributed by atoms with Gasteiger partial charge in [-0.05, 0) is 12.5 Å². The number of hydrogen-bond acceptors (Lipinski definition) is 5. The van der Waals surface area contributed by atoms with E-state index < -0.39 is 0 Å². The molecule has 1 rings (SSSR count). The molecule has 5 nitrogen and oxygen atoms in total. The number of aryl methyl sites for hydroxylation is 1. The topological polar surface area (TPSA) is 73.4 Å². The Morgan fingerprint density at radius 2 is 2.35 bits per heavy atom. The van der Waals surface area contributed by atoms with Gasteiger partial charge >= 0.3 is 0 Å². The molecule has 0 aliphatic carbocycles. The van der Waals surface area contributed by atoms with Gasteiger partial charge in [0.15, 0.2) is 5.90 Å². The SMILES string of the molecule is C#C/C(=C\N=C(C)OC)c1nc(N)ncc1C. The zero-order valence-electron chi connectivity index (χ0n) is 10.1. The smallest absolute Gasteiger partial charge is 0.220 e. The Balaban J connectivity index is 3.20. The van der Waals surface area contributed by atoms with Gasteiger partial charge in [0.25, 0.3) is 0 Å².